The first-order valence-electron chi connectivity index (χ1n) is 11.7. The number of likely N-dealkylation sites (tertiary alicyclic amines) is 1. The summed E-state index contributed by atoms with van der Waals surface area (Å²) in [4.78, 5) is 15.4. The van der Waals surface area contributed by atoms with E-state index in [2.05, 4.69) is 13.5 Å². The number of hydrogen-bond donors (Lipinski definition) is 1. The summed E-state index contributed by atoms with van der Waals surface area (Å²) in [6.07, 6.45) is 1.68. The molecule has 0 aliphatic carbocycles. The minimum absolute atomic E-state index is 0.00892. The summed E-state index contributed by atoms with van der Waals surface area (Å²) in [7, 11) is -4.05. The Bertz CT molecular complexity index is 1450. The van der Waals surface area contributed by atoms with E-state index in [9.17, 15) is 17.6 Å². The molecule has 1 amide bonds. The van der Waals surface area contributed by atoms with Gasteiger partial charge in [-0.3, -0.25) is 4.79 Å². The van der Waals surface area contributed by atoms with Crippen molar-refractivity contribution < 1.29 is 17.6 Å². The van der Waals surface area contributed by atoms with E-state index in [-0.39, 0.29) is 29.0 Å². The van der Waals surface area contributed by atoms with Crippen molar-refractivity contribution in [2.24, 2.45) is 0 Å². The van der Waals surface area contributed by atoms with E-state index in [0.717, 1.165) is 35.7 Å². The zero-order valence-corrected chi connectivity index (χ0v) is 21.0. The molecular weight excluding hydrogens is 499 g/mol. The summed E-state index contributed by atoms with van der Waals surface area (Å²) < 4.78 is 51.1. The van der Waals surface area contributed by atoms with Crippen molar-refractivity contribution in [3.63, 3.8) is 0 Å². The highest BCUT2D eigenvalue weighted by Gasteiger charge is 2.33. The van der Waals surface area contributed by atoms with Gasteiger partial charge in [-0.2, -0.15) is 13.5 Å². The number of aromatic nitrogens is 2. The molecule has 1 N–H and O–H groups in total. The summed E-state index contributed by atoms with van der Waals surface area (Å²) in [6.45, 7) is 0.999. The zero-order valence-electron chi connectivity index (χ0n) is 19.4. The van der Waals surface area contributed by atoms with Crippen LogP contribution >= 0.6 is 11.7 Å². The minimum Gasteiger partial charge on any atom is -0.341 e. The third-order valence-electron chi connectivity index (χ3n) is 6.56. The van der Waals surface area contributed by atoms with Gasteiger partial charge in [-0.1, -0.05) is 48.5 Å². The Morgan fingerprint density at radius 2 is 1.72 bits per heavy atom. The molecule has 36 heavy (non-hydrogen) atoms. The first-order valence-corrected chi connectivity index (χ1v) is 13.9. The van der Waals surface area contributed by atoms with E-state index in [1.54, 1.807) is 29.2 Å². The number of carbonyl (C=O) groups is 1. The Morgan fingerprint density at radius 3 is 2.44 bits per heavy atom. The molecule has 1 atom stereocenters. The van der Waals surface area contributed by atoms with Crippen LogP contribution in [0.3, 0.4) is 0 Å². The molecule has 1 fully saturated rings. The van der Waals surface area contributed by atoms with Crippen molar-refractivity contribution in [1.29, 1.82) is 0 Å². The van der Waals surface area contributed by atoms with Crippen molar-refractivity contribution in [3.05, 3.63) is 89.7 Å². The number of halogens is 1. The molecule has 2 heterocycles. The number of nitrogens with zero attached hydrogens (tertiary/aromatic N) is 3. The minimum atomic E-state index is -4.05. The van der Waals surface area contributed by atoms with E-state index in [4.69, 9.17) is 0 Å². The lowest BCUT2D eigenvalue weighted by atomic mass is 9.89. The van der Waals surface area contributed by atoms with Crippen LogP contribution in [0.4, 0.5) is 4.39 Å². The highest BCUT2D eigenvalue weighted by atomic mass is 32.2. The number of sulfonamides is 1. The van der Waals surface area contributed by atoms with E-state index < -0.39 is 16.1 Å². The molecule has 186 valence electrons. The van der Waals surface area contributed by atoms with Crippen LogP contribution in [0.25, 0.3) is 11.0 Å². The van der Waals surface area contributed by atoms with E-state index in [0.29, 0.717) is 24.1 Å². The first kappa shape index (κ1) is 24.5. The molecule has 1 aromatic heterocycles. The number of hydrogen-bond acceptors (Lipinski definition) is 6. The summed E-state index contributed by atoms with van der Waals surface area (Å²) >= 11 is 0.945. The zero-order chi connectivity index (χ0) is 25.1. The lowest BCUT2D eigenvalue weighted by Crippen LogP contribution is -2.51. The molecule has 10 heteroatoms. The fourth-order valence-corrected chi connectivity index (χ4v) is 6.62. The maximum atomic E-state index is 13.6. The van der Waals surface area contributed by atoms with Gasteiger partial charge < -0.3 is 4.90 Å². The van der Waals surface area contributed by atoms with Crippen molar-refractivity contribution in [2.45, 2.75) is 36.1 Å². The maximum absolute atomic E-state index is 13.6. The summed E-state index contributed by atoms with van der Waals surface area (Å²) in [6, 6.07) is 19.7. The molecule has 0 radical (unpaired) electrons. The van der Waals surface area contributed by atoms with Gasteiger partial charge in [0.15, 0.2) is 0 Å². The van der Waals surface area contributed by atoms with Crippen LogP contribution in [0.2, 0.25) is 0 Å². The van der Waals surface area contributed by atoms with Gasteiger partial charge in [0.1, 0.15) is 27.8 Å². The number of fused-ring (bicyclic) bond motifs is 1. The Morgan fingerprint density at radius 1 is 1.00 bits per heavy atom. The predicted octanol–water partition coefficient (Wildman–Crippen LogP) is 4.13. The van der Waals surface area contributed by atoms with E-state index in [1.165, 1.54) is 18.2 Å². The smallest absolute Gasteiger partial charge is 0.243 e. The van der Waals surface area contributed by atoms with Gasteiger partial charge in [0.05, 0.1) is 11.7 Å². The third-order valence-corrected chi connectivity index (χ3v) is 8.61. The quantitative estimate of drug-likeness (QED) is 0.393. The topological polar surface area (TPSA) is 92.3 Å². The largest absolute Gasteiger partial charge is 0.341 e. The molecule has 1 saturated heterocycles. The van der Waals surface area contributed by atoms with Gasteiger partial charge in [0.2, 0.25) is 15.9 Å². The van der Waals surface area contributed by atoms with Crippen LogP contribution in [0, 0.1) is 5.82 Å². The third kappa shape index (κ3) is 5.30. The molecule has 1 aliphatic rings. The van der Waals surface area contributed by atoms with Gasteiger partial charge in [0, 0.05) is 13.1 Å². The number of benzene rings is 3. The molecule has 1 aliphatic heterocycles. The molecule has 3 aromatic carbocycles. The molecule has 0 spiro atoms. The SMILES string of the molecule is O=C(C(Cc1ccccc1)NS(=O)(=O)c1cccc2nsnc12)N1CCC(c2ccc(F)cc2)CC1. The Hall–Kier alpha value is -3.21. The van der Waals surface area contributed by atoms with Crippen LogP contribution in [-0.2, 0) is 21.2 Å². The second-order valence-corrected chi connectivity index (χ2v) is 11.1. The fourth-order valence-electron chi connectivity index (χ4n) is 4.67. The molecule has 7 nitrogen and oxygen atoms in total. The number of amides is 1. The summed E-state index contributed by atoms with van der Waals surface area (Å²) in [5.41, 5.74) is 2.70. The molecule has 0 bridgehead atoms. The lowest BCUT2D eigenvalue weighted by Gasteiger charge is -2.34. The van der Waals surface area contributed by atoms with Crippen molar-refractivity contribution in [2.75, 3.05) is 13.1 Å². The molecule has 0 saturated carbocycles. The highest BCUT2D eigenvalue weighted by molar-refractivity contribution is 7.89. The van der Waals surface area contributed by atoms with E-state index in [1.807, 2.05) is 30.3 Å². The molecule has 1 unspecified atom stereocenters. The first-order chi connectivity index (χ1) is 17.4. The second-order valence-electron chi connectivity index (χ2n) is 8.90. The van der Waals surface area contributed by atoms with Crippen LogP contribution in [0.5, 0.6) is 0 Å². The van der Waals surface area contributed by atoms with E-state index >= 15 is 0 Å². The van der Waals surface area contributed by atoms with Gasteiger partial charge in [-0.05, 0) is 60.6 Å². The Balaban J connectivity index is 1.36. The number of piperidine rings is 1. The van der Waals surface area contributed by atoms with Crippen LogP contribution in [0.15, 0.2) is 77.7 Å². The Kier molecular flexibility index (Phi) is 7.08. The van der Waals surface area contributed by atoms with Crippen molar-refractivity contribution >= 4 is 38.7 Å². The average molecular weight is 525 g/mol. The second kappa shape index (κ2) is 10.4. The highest BCUT2D eigenvalue weighted by Crippen LogP contribution is 2.29. The predicted molar refractivity (Wildman–Crippen MR) is 137 cm³/mol. The van der Waals surface area contributed by atoms with Gasteiger partial charge >= 0.3 is 0 Å². The summed E-state index contributed by atoms with van der Waals surface area (Å²) in [5.74, 6) is -0.302. The van der Waals surface area contributed by atoms with Crippen molar-refractivity contribution in [3.8, 4) is 0 Å². The van der Waals surface area contributed by atoms with Gasteiger partial charge in [-0.25, -0.2) is 12.8 Å². The maximum Gasteiger partial charge on any atom is 0.243 e. The Labute approximate surface area is 213 Å². The monoisotopic (exact) mass is 524 g/mol. The van der Waals surface area contributed by atoms with Gasteiger partial charge in [-0.15, -0.1) is 0 Å². The van der Waals surface area contributed by atoms with Crippen LogP contribution in [-0.4, -0.2) is 47.1 Å². The standard InChI is InChI=1S/C26H25FN4O3S2/c27-21-11-9-19(10-12-21)20-13-15-31(16-14-20)26(32)23(17-18-5-2-1-3-6-18)30-36(33,34)24-8-4-7-22-25(24)29-35-28-22/h1-12,20,23,30H,13-17H2. The molecular formula is C26H25FN4O3S2. The lowest BCUT2D eigenvalue weighted by molar-refractivity contribution is -0.134. The summed E-state index contributed by atoms with van der Waals surface area (Å²) in [5, 5.41) is 0. The molecule has 5 rings (SSSR count). The van der Waals surface area contributed by atoms with Crippen molar-refractivity contribution in [1.82, 2.24) is 18.4 Å². The average Bonchev–Trinajstić information content (AvgIpc) is 3.38. The normalized spacial score (nSPS) is 15.8. The van der Waals surface area contributed by atoms with Crippen LogP contribution in [0.1, 0.15) is 29.9 Å². The van der Waals surface area contributed by atoms with Gasteiger partial charge in [0.25, 0.3) is 0 Å². The number of nitrogens with one attached hydrogen (secondary N) is 1. The molecule has 4 aromatic rings. The number of rotatable bonds is 7. The number of carbonyl (C=O) groups excluding carboxylic acids is 1. The fraction of sp³-hybridized carbons (Fsp3) is 0.269. The van der Waals surface area contributed by atoms with Crippen LogP contribution < -0.4 is 4.72 Å².